The molecule has 0 spiro atoms. The van der Waals surface area contributed by atoms with E-state index in [0.29, 0.717) is 6.61 Å². The van der Waals surface area contributed by atoms with Crippen molar-refractivity contribution in [3.63, 3.8) is 0 Å². The Morgan fingerprint density at radius 2 is 2.14 bits per heavy atom. The summed E-state index contributed by atoms with van der Waals surface area (Å²) in [4.78, 5) is 11.6. The van der Waals surface area contributed by atoms with Crippen LogP contribution in [0.3, 0.4) is 0 Å². The Labute approximate surface area is 124 Å². The van der Waals surface area contributed by atoms with Crippen LogP contribution in [0, 0.1) is 0 Å². The summed E-state index contributed by atoms with van der Waals surface area (Å²) in [5.41, 5.74) is 0.427. The van der Waals surface area contributed by atoms with Crippen LogP contribution < -0.4 is 20.1 Å². The summed E-state index contributed by atoms with van der Waals surface area (Å²) in [6.07, 6.45) is 1.37. The first-order valence-electron chi connectivity index (χ1n) is 6.06. The highest BCUT2D eigenvalue weighted by atomic mass is 32.1. The fraction of sp³-hybridized carbons (Fsp3) is 0.231. The smallest absolute Gasteiger partial charge is 0.387 e. The molecule has 5 nitrogen and oxygen atoms in total. The average Bonchev–Trinajstić information content (AvgIpc) is 2.71. The minimum atomic E-state index is -3.00. The number of halogens is 2. The van der Waals surface area contributed by atoms with E-state index in [0.717, 1.165) is 0 Å². The molecule has 1 aliphatic heterocycles. The van der Waals surface area contributed by atoms with Crippen LogP contribution in [0.15, 0.2) is 23.9 Å². The SMILES string of the molecule is CCOc1cccc(/C=C2\NC(=S)NC2=O)c1OC(F)F. The van der Waals surface area contributed by atoms with Crippen LogP contribution in [-0.4, -0.2) is 24.2 Å². The molecule has 0 radical (unpaired) electrons. The molecule has 1 aliphatic rings. The van der Waals surface area contributed by atoms with Crippen molar-refractivity contribution >= 4 is 29.3 Å². The van der Waals surface area contributed by atoms with Gasteiger partial charge in [-0.1, -0.05) is 12.1 Å². The zero-order chi connectivity index (χ0) is 15.4. The quantitative estimate of drug-likeness (QED) is 0.643. The van der Waals surface area contributed by atoms with E-state index in [2.05, 4.69) is 15.4 Å². The molecular weight excluding hydrogens is 302 g/mol. The summed E-state index contributed by atoms with van der Waals surface area (Å²) >= 11 is 4.80. The molecular formula is C13H12F2N2O3S. The Morgan fingerprint density at radius 3 is 2.71 bits per heavy atom. The largest absolute Gasteiger partial charge is 0.490 e. The van der Waals surface area contributed by atoms with Crippen molar-refractivity contribution in [2.45, 2.75) is 13.5 Å². The third-order valence-electron chi connectivity index (χ3n) is 2.54. The first-order valence-corrected chi connectivity index (χ1v) is 6.46. The number of hydrogen-bond acceptors (Lipinski definition) is 4. The van der Waals surface area contributed by atoms with E-state index in [4.69, 9.17) is 17.0 Å². The molecule has 1 heterocycles. The standard InChI is InChI=1S/C13H12F2N2O3S/c1-2-19-9-5-3-4-7(10(9)20-12(14)15)6-8-11(18)17-13(21)16-8/h3-6,12H,2H2,1H3,(H2,16,17,18,21)/b8-6-. The number of benzene rings is 1. The number of hydrogen-bond donors (Lipinski definition) is 2. The molecule has 0 aliphatic carbocycles. The third-order valence-corrected chi connectivity index (χ3v) is 2.74. The number of alkyl halides is 2. The van der Waals surface area contributed by atoms with Gasteiger partial charge in [0, 0.05) is 5.56 Å². The van der Waals surface area contributed by atoms with E-state index in [9.17, 15) is 13.6 Å². The molecule has 0 atom stereocenters. The van der Waals surface area contributed by atoms with Crippen molar-refractivity contribution in [2.75, 3.05) is 6.61 Å². The van der Waals surface area contributed by atoms with Crippen molar-refractivity contribution in [1.29, 1.82) is 0 Å². The van der Waals surface area contributed by atoms with Crippen molar-refractivity contribution in [3.8, 4) is 11.5 Å². The molecule has 2 N–H and O–H groups in total. The van der Waals surface area contributed by atoms with Crippen molar-refractivity contribution < 1.29 is 23.0 Å². The van der Waals surface area contributed by atoms with Crippen molar-refractivity contribution in [2.24, 2.45) is 0 Å². The van der Waals surface area contributed by atoms with E-state index in [-0.39, 0.29) is 27.9 Å². The van der Waals surface area contributed by atoms with Crippen molar-refractivity contribution in [1.82, 2.24) is 10.6 Å². The van der Waals surface area contributed by atoms with Gasteiger partial charge < -0.3 is 14.8 Å². The summed E-state index contributed by atoms with van der Waals surface area (Å²) < 4.78 is 34.9. The summed E-state index contributed by atoms with van der Waals surface area (Å²) in [6, 6.07) is 4.65. The Morgan fingerprint density at radius 1 is 1.38 bits per heavy atom. The normalized spacial score (nSPS) is 16.1. The zero-order valence-electron chi connectivity index (χ0n) is 11.0. The topological polar surface area (TPSA) is 59.6 Å². The molecule has 0 saturated carbocycles. The number of ether oxygens (including phenoxy) is 2. The Hall–Kier alpha value is -2.22. The molecule has 112 valence electrons. The second-order valence-corrected chi connectivity index (χ2v) is 4.36. The van der Waals surface area contributed by atoms with Crippen LogP contribution in [0.5, 0.6) is 11.5 Å². The third kappa shape index (κ3) is 3.66. The molecule has 8 heteroatoms. The van der Waals surface area contributed by atoms with Gasteiger partial charge in [-0.3, -0.25) is 10.1 Å². The van der Waals surface area contributed by atoms with E-state index in [1.807, 2.05) is 0 Å². The predicted molar refractivity (Wildman–Crippen MR) is 76.1 cm³/mol. The Balaban J connectivity index is 2.42. The molecule has 1 aromatic rings. The lowest BCUT2D eigenvalue weighted by Crippen LogP contribution is -2.21. The molecule has 0 unspecified atom stereocenters. The van der Waals surface area contributed by atoms with Crippen LogP contribution in [0.4, 0.5) is 8.78 Å². The number of para-hydroxylation sites is 1. The Kier molecular flexibility index (Phi) is 4.69. The molecule has 2 rings (SSSR count). The maximum Gasteiger partial charge on any atom is 0.387 e. The van der Waals surface area contributed by atoms with Crippen LogP contribution in [0.2, 0.25) is 0 Å². The molecule has 1 amide bonds. The second-order valence-electron chi connectivity index (χ2n) is 3.95. The van der Waals surface area contributed by atoms with Crippen LogP contribution in [0.25, 0.3) is 6.08 Å². The van der Waals surface area contributed by atoms with Gasteiger partial charge in [-0.05, 0) is 31.3 Å². The van der Waals surface area contributed by atoms with Crippen LogP contribution in [0.1, 0.15) is 12.5 Å². The van der Waals surface area contributed by atoms with Gasteiger partial charge in [0.1, 0.15) is 5.70 Å². The summed E-state index contributed by atoms with van der Waals surface area (Å²) in [5.74, 6) is -0.396. The van der Waals surface area contributed by atoms with E-state index in [1.54, 1.807) is 13.0 Å². The molecule has 1 fully saturated rings. The van der Waals surface area contributed by atoms with E-state index in [1.165, 1.54) is 18.2 Å². The number of carbonyl (C=O) groups is 1. The maximum absolute atomic E-state index is 12.6. The van der Waals surface area contributed by atoms with Crippen molar-refractivity contribution in [3.05, 3.63) is 29.5 Å². The van der Waals surface area contributed by atoms with Gasteiger partial charge in [0.2, 0.25) is 0 Å². The first kappa shape index (κ1) is 15.2. The minimum Gasteiger partial charge on any atom is -0.490 e. The van der Waals surface area contributed by atoms with Gasteiger partial charge in [0.25, 0.3) is 5.91 Å². The highest BCUT2D eigenvalue weighted by Crippen LogP contribution is 2.34. The average molecular weight is 314 g/mol. The monoisotopic (exact) mass is 314 g/mol. The molecule has 1 saturated heterocycles. The number of carbonyl (C=O) groups excluding carboxylic acids is 1. The van der Waals surface area contributed by atoms with Gasteiger partial charge in [0.15, 0.2) is 16.6 Å². The van der Waals surface area contributed by atoms with Gasteiger partial charge in [-0.25, -0.2) is 0 Å². The highest BCUT2D eigenvalue weighted by molar-refractivity contribution is 7.80. The van der Waals surface area contributed by atoms with Crippen LogP contribution in [-0.2, 0) is 4.79 Å². The van der Waals surface area contributed by atoms with Gasteiger partial charge in [-0.2, -0.15) is 8.78 Å². The van der Waals surface area contributed by atoms with Gasteiger partial charge in [-0.15, -0.1) is 0 Å². The minimum absolute atomic E-state index is 0.130. The summed E-state index contributed by atoms with van der Waals surface area (Å²) in [6.45, 7) is -0.986. The van der Waals surface area contributed by atoms with E-state index >= 15 is 0 Å². The van der Waals surface area contributed by atoms with Crippen LogP contribution >= 0.6 is 12.2 Å². The van der Waals surface area contributed by atoms with Gasteiger partial charge in [0.05, 0.1) is 6.61 Å². The molecule has 0 aromatic heterocycles. The predicted octanol–water partition coefficient (Wildman–Crippen LogP) is 2.03. The molecule has 0 bridgehead atoms. The lowest BCUT2D eigenvalue weighted by atomic mass is 10.1. The summed E-state index contributed by atoms with van der Waals surface area (Å²) in [5, 5.41) is 5.17. The molecule has 1 aromatic carbocycles. The molecule has 21 heavy (non-hydrogen) atoms. The highest BCUT2D eigenvalue weighted by Gasteiger charge is 2.22. The number of nitrogens with one attached hydrogen (secondary N) is 2. The number of thiocarbonyl (C=S) groups is 1. The number of rotatable bonds is 5. The fourth-order valence-electron chi connectivity index (χ4n) is 1.77. The lowest BCUT2D eigenvalue weighted by Gasteiger charge is -2.13. The van der Waals surface area contributed by atoms with Gasteiger partial charge >= 0.3 is 6.61 Å². The Bertz CT molecular complexity index is 605. The van der Waals surface area contributed by atoms with E-state index < -0.39 is 12.5 Å². The lowest BCUT2D eigenvalue weighted by molar-refractivity contribution is -0.115. The first-order chi connectivity index (χ1) is 10.0. The zero-order valence-corrected chi connectivity index (χ0v) is 11.8. The fourth-order valence-corrected chi connectivity index (χ4v) is 1.97. The second kappa shape index (κ2) is 6.49. The number of amides is 1. The maximum atomic E-state index is 12.6. The summed E-state index contributed by atoms with van der Waals surface area (Å²) in [7, 11) is 0.